The van der Waals surface area contributed by atoms with E-state index in [2.05, 4.69) is 10.2 Å². The Labute approximate surface area is 108 Å². The van der Waals surface area contributed by atoms with Crippen LogP contribution in [0.5, 0.6) is 0 Å². The van der Waals surface area contributed by atoms with Gasteiger partial charge in [0, 0.05) is 19.1 Å². The minimum Gasteiger partial charge on any atom is -0.390 e. The summed E-state index contributed by atoms with van der Waals surface area (Å²) >= 11 is 0. The summed E-state index contributed by atoms with van der Waals surface area (Å²) in [4.78, 5) is 2.34. The molecule has 106 valence electrons. The third-order valence-corrected chi connectivity index (χ3v) is 5.20. The molecule has 0 saturated carbocycles. The van der Waals surface area contributed by atoms with E-state index in [0.717, 1.165) is 45.8 Å². The molecule has 2 atom stereocenters. The highest BCUT2D eigenvalue weighted by Gasteiger charge is 2.35. The highest BCUT2D eigenvalue weighted by molar-refractivity contribution is 7.91. The summed E-state index contributed by atoms with van der Waals surface area (Å²) in [5.74, 6) is -0.0418. The third-order valence-electron chi connectivity index (χ3n) is 3.48. The van der Waals surface area contributed by atoms with Gasteiger partial charge in [-0.2, -0.15) is 0 Å². The second-order valence-corrected chi connectivity index (χ2v) is 7.17. The smallest absolute Gasteiger partial charge is 0.154 e. The summed E-state index contributed by atoms with van der Waals surface area (Å²) in [6.45, 7) is 5.28. The number of morpholine rings is 1. The molecule has 0 aromatic carbocycles. The molecule has 2 saturated heterocycles. The summed E-state index contributed by atoms with van der Waals surface area (Å²) in [7, 11) is -3.04. The van der Waals surface area contributed by atoms with E-state index in [4.69, 9.17) is 4.74 Å². The minimum absolute atomic E-state index is 0.0612. The molecule has 0 amide bonds. The topological polar surface area (TPSA) is 78.9 Å². The number of aliphatic hydroxyl groups excluding tert-OH is 1. The maximum atomic E-state index is 11.3. The van der Waals surface area contributed by atoms with Crippen LogP contribution in [0.2, 0.25) is 0 Å². The van der Waals surface area contributed by atoms with Gasteiger partial charge in [0.05, 0.1) is 30.8 Å². The number of rotatable bonds is 5. The predicted octanol–water partition coefficient (Wildman–Crippen LogP) is -1.54. The molecular formula is C11H22N2O4S. The second kappa shape index (κ2) is 6.29. The molecule has 2 heterocycles. The van der Waals surface area contributed by atoms with E-state index in [0.29, 0.717) is 0 Å². The summed E-state index contributed by atoms with van der Waals surface area (Å²) < 4.78 is 27.9. The van der Waals surface area contributed by atoms with Crippen LogP contribution in [-0.2, 0) is 14.6 Å². The lowest BCUT2D eigenvalue weighted by Crippen LogP contribution is -2.41. The van der Waals surface area contributed by atoms with Gasteiger partial charge in [-0.15, -0.1) is 0 Å². The van der Waals surface area contributed by atoms with Gasteiger partial charge in [0.25, 0.3) is 0 Å². The Bertz CT molecular complexity index is 354. The highest BCUT2D eigenvalue weighted by Crippen LogP contribution is 2.12. The molecule has 7 heteroatoms. The lowest BCUT2D eigenvalue weighted by atomic mass is 10.2. The van der Waals surface area contributed by atoms with Gasteiger partial charge >= 0.3 is 0 Å². The van der Waals surface area contributed by atoms with Crippen LogP contribution in [0.4, 0.5) is 0 Å². The molecule has 0 unspecified atom stereocenters. The number of sulfone groups is 1. The van der Waals surface area contributed by atoms with E-state index < -0.39 is 15.9 Å². The van der Waals surface area contributed by atoms with Crippen molar-refractivity contribution >= 4 is 9.84 Å². The quantitative estimate of drug-likeness (QED) is 0.593. The molecule has 0 aromatic rings. The van der Waals surface area contributed by atoms with Crippen molar-refractivity contribution in [2.75, 3.05) is 50.9 Å². The third kappa shape index (κ3) is 4.17. The van der Waals surface area contributed by atoms with Gasteiger partial charge in [-0.05, 0) is 19.5 Å². The highest BCUT2D eigenvalue weighted by atomic mass is 32.2. The normalized spacial score (nSPS) is 32.7. The Kier molecular flexibility index (Phi) is 4.97. The molecule has 2 rings (SSSR count). The average molecular weight is 278 g/mol. The van der Waals surface area contributed by atoms with E-state index in [1.807, 2.05) is 0 Å². The van der Waals surface area contributed by atoms with Gasteiger partial charge in [-0.1, -0.05) is 0 Å². The molecule has 6 nitrogen and oxygen atoms in total. The van der Waals surface area contributed by atoms with Crippen molar-refractivity contribution in [1.29, 1.82) is 0 Å². The summed E-state index contributed by atoms with van der Waals surface area (Å²) in [5, 5.41) is 12.7. The molecule has 2 aliphatic rings. The van der Waals surface area contributed by atoms with Crippen molar-refractivity contribution in [3.8, 4) is 0 Å². The van der Waals surface area contributed by atoms with Gasteiger partial charge in [0.1, 0.15) is 0 Å². The zero-order chi connectivity index (χ0) is 13.0. The molecule has 2 N–H and O–H groups in total. The minimum atomic E-state index is -3.04. The van der Waals surface area contributed by atoms with Crippen molar-refractivity contribution in [3.63, 3.8) is 0 Å². The average Bonchev–Trinajstić information content (AvgIpc) is 2.59. The van der Waals surface area contributed by atoms with Crippen molar-refractivity contribution < 1.29 is 18.3 Å². The first-order chi connectivity index (χ1) is 8.57. The Morgan fingerprint density at radius 3 is 2.61 bits per heavy atom. The van der Waals surface area contributed by atoms with E-state index >= 15 is 0 Å². The molecule has 0 spiro atoms. The van der Waals surface area contributed by atoms with Gasteiger partial charge in [-0.25, -0.2) is 8.42 Å². The molecular weight excluding hydrogens is 256 g/mol. The van der Waals surface area contributed by atoms with Crippen molar-refractivity contribution in [2.45, 2.75) is 18.6 Å². The number of ether oxygens (including phenoxy) is 1. The first-order valence-electron chi connectivity index (χ1n) is 6.49. The van der Waals surface area contributed by atoms with Crippen LogP contribution in [0, 0.1) is 0 Å². The zero-order valence-corrected chi connectivity index (χ0v) is 11.4. The largest absolute Gasteiger partial charge is 0.390 e. The molecule has 0 radical (unpaired) electrons. The number of hydrogen-bond donors (Lipinski definition) is 2. The lowest BCUT2D eigenvalue weighted by molar-refractivity contribution is 0.0372. The van der Waals surface area contributed by atoms with Crippen molar-refractivity contribution in [3.05, 3.63) is 0 Å². The number of nitrogens with zero attached hydrogens (tertiary/aromatic N) is 1. The van der Waals surface area contributed by atoms with Crippen molar-refractivity contribution in [1.82, 2.24) is 10.2 Å². The van der Waals surface area contributed by atoms with E-state index in [9.17, 15) is 13.5 Å². The molecule has 0 bridgehead atoms. The first-order valence-corrected chi connectivity index (χ1v) is 8.31. The fourth-order valence-electron chi connectivity index (χ4n) is 2.44. The van der Waals surface area contributed by atoms with Crippen molar-refractivity contribution in [2.24, 2.45) is 0 Å². The van der Waals surface area contributed by atoms with Crippen LogP contribution in [0.3, 0.4) is 0 Å². The second-order valence-electron chi connectivity index (χ2n) is 5.01. The van der Waals surface area contributed by atoms with Crippen LogP contribution in [0.1, 0.15) is 6.42 Å². The number of hydrogen-bond acceptors (Lipinski definition) is 6. The van der Waals surface area contributed by atoms with Crippen LogP contribution >= 0.6 is 0 Å². The Hall–Kier alpha value is -0.210. The Balaban J connectivity index is 1.60. The number of aliphatic hydroxyl groups is 1. The maximum absolute atomic E-state index is 11.3. The monoisotopic (exact) mass is 278 g/mol. The van der Waals surface area contributed by atoms with Crippen LogP contribution in [-0.4, -0.2) is 81.5 Å². The van der Waals surface area contributed by atoms with Gasteiger partial charge in [-0.3, -0.25) is 4.90 Å². The molecule has 2 aliphatic heterocycles. The molecule has 2 fully saturated rings. The first kappa shape index (κ1) is 14.2. The zero-order valence-electron chi connectivity index (χ0n) is 10.5. The maximum Gasteiger partial charge on any atom is 0.154 e. The predicted molar refractivity (Wildman–Crippen MR) is 68.3 cm³/mol. The molecule has 0 aromatic heterocycles. The Morgan fingerprint density at radius 2 is 2.00 bits per heavy atom. The van der Waals surface area contributed by atoms with Gasteiger partial charge in [0.15, 0.2) is 9.84 Å². The summed E-state index contributed by atoms with van der Waals surface area (Å²) in [6.07, 6.45) is 0.210. The Morgan fingerprint density at radius 1 is 1.28 bits per heavy atom. The van der Waals surface area contributed by atoms with Crippen LogP contribution in [0.15, 0.2) is 0 Å². The molecule has 0 aliphatic carbocycles. The SMILES string of the molecule is O=S1(=O)C[C@@H](O)[C@H](NCCCN2CCOCC2)C1. The van der Waals surface area contributed by atoms with Gasteiger partial charge in [0.2, 0.25) is 0 Å². The molecule has 18 heavy (non-hydrogen) atoms. The standard InChI is InChI=1S/C11H22N2O4S/c14-11-9-18(15,16)8-10(11)12-2-1-3-13-4-6-17-7-5-13/h10-12,14H,1-9H2/t10-,11-/m1/s1. The summed E-state index contributed by atoms with van der Waals surface area (Å²) in [6, 6.07) is -0.292. The number of nitrogens with one attached hydrogen (secondary N) is 1. The fraction of sp³-hybridized carbons (Fsp3) is 1.00. The van der Waals surface area contributed by atoms with E-state index in [1.165, 1.54) is 0 Å². The fourth-order valence-corrected chi connectivity index (χ4v) is 4.21. The van der Waals surface area contributed by atoms with E-state index in [-0.39, 0.29) is 17.5 Å². The van der Waals surface area contributed by atoms with Crippen LogP contribution < -0.4 is 5.32 Å². The lowest BCUT2D eigenvalue weighted by Gasteiger charge is -2.26. The van der Waals surface area contributed by atoms with Gasteiger partial charge < -0.3 is 15.2 Å². The van der Waals surface area contributed by atoms with E-state index in [1.54, 1.807) is 0 Å². The summed E-state index contributed by atoms with van der Waals surface area (Å²) in [5.41, 5.74) is 0. The van der Waals surface area contributed by atoms with Crippen LogP contribution in [0.25, 0.3) is 0 Å².